The highest BCUT2D eigenvalue weighted by molar-refractivity contribution is 7.88. The predicted molar refractivity (Wildman–Crippen MR) is 86.5 cm³/mol. The van der Waals surface area contributed by atoms with Gasteiger partial charge in [0.2, 0.25) is 21.8 Å². The van der Waals surface area contributed by atoms with Gasteiger partial charge in [-0.25, -0.2) is 12.7 Å². The standard InChI is InChI=1S/C14H24N4O4S/c1-9-8-18(23(4,20)21)6-5-12(9)15-11(3)14(19)16-13-7-10(2)17-22-13/h7,9,11-12,15H,5-6,8H2,1-4H3,(H,16,19)/t9-,11+,12+/m1/s1. The molecule has 1 fully saturated rings. The van der Waals surface area contributed by atoms with Crippen molar-refractivity contribution in [2.75, 3.05) is 24.7 Å². The Morgan fingerprint density at radius 3 is 2.74 bits per heavy atom. The SMILES string of the molecule is Cc1cc(NC(=O)[C@H](C)N[C@H]2CCN(S(C)(=O)=O)C[C@H]2C)on1. The summed E-state index contributed by atoms with van der Waals surface area (Å²) in [7, 11) is -3.16. The molecule has 1 aliphatic heterocycles. The van der Waals surface area contributed by atoms with Crippen LogP contribution in [0.5, 0.6) is 0 Å². The van der Waals surface area contributed by atoms with Crippen molar-refractivity contribution >= 4 is 21.8 Å². The summed E-state index contributed by atoms with van der Waals surface area (Å²) in [6.45, 7) is 6.47. The number of carbonyl (C=O) groups is 1. The molecular weight excluding hydrogens is 320 g/mol. The van der Waals surface area contributed by atoms with Gasteiger partial charge in [-0.05, 0) is 26.2 Å². The van der Waals surface area contributed by atoms with E-state index in [1.807, 2.05) is 6.92 Å². The Morgan fingerprint density at radius 1 is 1.52 bits per heavy atom. The Bertz CT molecular complexity index is 657. The van der Waals surface area contributed by atoms with Gasteiger partial charge in [0.1, 0.15) is 0 Å². The molecule has 9 heteroatoms. The topological polar surface area (TPSA) is 105 Å². The molecule has 0 radical (unpaired) electrons. The first-order valence-corrected chi connectivity index (χ1v) is 9.47. The van der Waals surface area contributed by atoms with Gasteiger partial charge in [-0.15, -0.1) is 0 Å². The van der Waals surface area contributed by atoms with Gasteiger partial charge in [0.05, 0.1) is 18.0 Å². The minimum atomic E-state index is -3.16. The number of aryl methyl sites for hydroxylation is 1. The molecular formula is C14H24N4O4S. The third-order valence-corrected chi connectivity index (χ3v) is 5.34. The van der Waals surface area contributed by atoms with Crippen LogP contribution in [0.1, 0.15) is 26.0 Å². The molecule has 23 heavy (non-hydrogen) atoms. The number of piperidine rings is 1. The maximum absolute atomic E-state index is 12.2. The molecule has 0 saturated carbocycles. The maximum atomic E-state index is 12.2. The highest BCUT2D eigenvalue weighted by Gasteiger charge is 2.32. The minimum Gasteiger partial charge on any atom is -0.338 e. The lowest BCUT2D eigenvalue weighted by Crippen LogP contribution is -2.53. The van der Waals surface area contributed by atoms with Crippen LogP contribution in [0, 0.1) is 12.8 Å². The molecule has 1 amide bonds. The van der Waals surface area contributed by atoms with E-state index in [2.05, 4.69) is 15.8 Å². The molecule has 1 aliphatic rings. The van der Waals surface area contributed by atoms with Crippen LogP contribution < -0.4 is 10.6 Å². The Hall–Kier alpha value is -1.45. The molecule has 130 valence electrons. The lowest BCUT2D eigenvalue weighted by Gasteiger charge is -2.37. The maximum Gasteiger partial charge on any atom is 0.243 e. The average Bonchev–Trinajstić information content (AvgIpc) is 2.85. The Labute approximate surface area is 136 Å². The van der Waals surface area contributed by atoms with Crippen LogP contribution >= 0.6 is 0 Å². The Morgan fingerprint density at radius 2 is 2.22 bits per heavy atom. The normalized spacial score (nSPS) is 24.3. The van der Waals surface area contributed by atoms with Gasteiger partial charge in [-0.2, -0.15) is 0 Å². The molecule has 1 aromatic heterocycles. The molecule has 2 heterocycles. The monoisotopic (exact) mass is 344 g/mol. The summed E-state index contributed by atoms with van der Waals surface area (Å²) in [6, 6.07) is 1.32. The van der Waals surface area contributed by atoms with Crippen molar-refractivity contribution in [3.05, 3.63) is 11.8 Å². The van der Waals surface area contributed by atoms with E-state index >= 15 is 0 Å². The summed E-state index contributed by atoms with van der Waals surface area (Å²) < 4.78 is 29.6. The molecule has 0 aromatic carbocycles. The second-order valence-corrected chi connectivity index (χ2v) is 8.19. The summed E-state index contributed by atoms with van der Waals surface area (Å²) in [6.07, 6.45) is 1.90. The summed E-state index contributed by atoms with van der Waals surface area (Å²) in [4.78, 5) is 12.2. The van der Waals surface area contributed by atoms with Crippen molar-refractivity contribution in [2.24, 2.45) is 5.92 Å². The van der Waals surface area contributed by atoms with E-state index in [4.69, 9.17) is 4.52 Å². The number of hydrogen-bond acceptors (Lipinski definition) is 6. The second-order valence-electron chi connectivity index (χ2n) is 6.20. The summed E-state index contributed by atoms with van der Waals surface area (Å²) in [5.41, 5.74) is 0.697. The van der Waals surface area contributed by atoms with E-state index in [0.717, 1.165) is 0 Å². The van der Waals surface area contributed by atoms with Gasteiger partial charge >= 0.3 is 0 Å². The number of nitrogens with one attached hydrogen (secondary N) is 2. The molecule has 0 unspecified atom stereocenters. The van der Waals surface area contributed by atoms with Crippen molar-refractivity contribution in [1.29, 1.82) is 0 Å². The molecule has 3 atom stereocenters. The fourth-order valence-electron chi connectivity index (χ4n) is 2.71. The molecule has 2 rings (SSSR count). The highest BCUT2D eigenvalue weighted by Crippen LogP contribution is 2.19. The first-order chi connectivity index (χ1) is 10.7. The number of anilines is 1. The van der Waals surface area contributed by atoms with E-state index in [0.29, 0.717) is 31.1 Å². The zero-order valence-corrected chi connectivity index (χ0v) is 14.7. The van der Waals surface area contributed by atoms with Crippen molar-refractivity contribution < 1.29 is 17.7 Å². The van der Waals surface area contributed by atoms with E-state index in [9.17, 15) is 13.2 Å². The fraction of sp³-hybridized carbons (Fsp3) is 0.714. The first kappa shape index (κ1) is 17.9. The van der Waals surface area contributed by atoms with E-state index in [1.54, 1.807) is 19.9 Å². The van der Waals surface area contributed by atoms with E-state index in [1.165, 1.54) is 10.6 Å². The number of hydrogen-bond donors (Lipinski definition) is 2. The van der Waals surface area contributed by atoms with Gasteiger partial charge in [0.25, 0.3) is 0 Å². The van der Waals surface area contributed by atoms with Crippen molar-refractivity contribution in [1.82, 2.24) is 14.8 Å². The van der Waals surface area contributed by atoms with Gasteiger partial charge < -0.3 is 9.84 Å². The highest BCUT2D eigenvalue weighted by atomic mass is 32.2. The molecule has 2 N–H and O–H groups in total. The number of nitrogens with zero attached hydrogens (tertiary/aromatic N) is 2. The van der Waals surface area contributed by atoms with Crippen LogP contribution in [0.15, 0.2) is 10.6 Å². The summed E-state index contributed by atoms with van der Waals surface area (Å²) in [5, 5.41) is 9.65. The van der Waals surface area contributed by atoms with E-state index < -0.39 is 16.1 Å². The molecule has 1 saturated heterocycles. The van der Waals surface area contributed by atoms with Crippen LogP contribution in [0.25, 0.3) is 0 Å². The molecule has 1 aromatic rings. The lowest BCUT2D eigenvalue weighted by molar-refractivity contribution is -0.118. The van der Waals surface area contributed by atoms with Gasteiger partial charge in [-0.1, -0.05) is 12.1 Å². The summed E-state index contributed by atoms with van der Waals surface area (Å²) >= 11 is 0. The number of amides is 1. The first-order valence-electron chi connectivity index (χ1n) is 7.62. The Kier molecular flexibility index (Phi) is 5.43. The quantitative estimate of drug-likeness (QED) is 0.809. The summed E-state index contributed by atoms with van der Waals surface area (Å²) in [5.74, 6) is 0.237. The second kappa shape index (κ2) is 6.98. The number of rotatable bonds is 5. The number of sulfonamides is 1. The zero-order valence-electron chi connectivity index (χ0n) is 13.9. The zero-order chi connectivity index (χ0) is 17.2. The molecule has 0 aliphatic carbocycles. The van der Waals surface area contributed by atoms with E-state index in [-0.39, 0.29) is 17.9 Å². The van der Waals surface area contributed by atoms with Crippen LogP contribution in [-0.4, -0.2) is 55.2 Å². The van der Waals surface area contributed by atoms with Gasteiger partial charge in [-0.3, -0.25) is 10.1 Å². The third kappa shape index (κ3) is 4.76. The van der Waals surface area contributed by atoms with Crippen LogP contribution in [0.4, 0.5) is 5.88 Å². The van der Waals surface area contributed by atoms with Gasteiger partial charge in [0, 0.05) is 25.2 Å². The van der Waals surface area contributed by atoms with Gasteiger partial charge in [0.15, 0.2) is 0 Å². The molecule has 8 nitrogen and oxygen atoms in total. The van der Waals surface area contributed by atoms with Crippen LogP contribution in [0.2, 0.25) is 0 Å². The fourth-order valence-corrected chi connectivity index (χ4v) is 3.65. The average molecular weight is 344 g/mol. The minimum absolute atomic E-state index is 0.0882. The molecule has 0 bridgehead atoms. The lowest BCUT2D eigenvalue weighted by atomic mass is 9.94. The number of aromatic nitrogens is 1. The van der Waals surface area contributed by atoms with Crippen molar-refractivity contribution in [3.8, 4) is 0 Å². The Balaban J connectivity index is 1.88. The molecule has 0 spiro atoms. The smallest absolute Gasteiger partial charge is 0.243 e. The van der Waals surface area contributed by atoms with Crippen LogP contribution in [-0.2, 0) is 14.8 Å². The van der Waals surface area contributed by atoms with Crippen molar-refractivity contribution in [3.63, 3.8) is 0 Å². The van der Waals surface area contributed by atoms with Crippen LogP contribution in [0.3, 0.4) is 0 Å². The number of carbonyl (C=O) groups excluding carboxylic acids is 1. The predicted octanol–water partition coefficient (Wildman–Crippen LogP) is 0.570. The largest absolute Gasteiger partial charge is 0.338 e. The third-order valence-electron chi connectivity index (χ3n) is 4.07. The van der Waals surface area contributed by atoms with Crippen molar-refractivity contribution in [2.45, 2.75) is 39.3 Å².